The van der Waals surface area contributed by atoms with Gasteiger partial charge < -0.3 is 9.47 Å². The summed E-state index contributed by atoms with van der Waals surface area (Å²) < 4.78 is 77.1. The van der Waals surface area contributed by atoms with Gasteiger partial charge in [0.25, 0.3) is 10.1 Å². The topological polar surface area (TPSA) is 78.9 Å². The highest BCUT2D eigenvalue weighted by molar-refractivity contribution is 7.87. The molecule has 0 N–H and O–H groups in total. The van der Waals surface area contributed by atoms with Gasteiger partial charge in [-0.1, -0.05) is 6.58 Å². The Morgan fingerprint density at radius 3 is 2.65 bits per heavy atom. The van der Waals surface area contributed by atoms with Crippen LogP contribution in [0.1, 0.15) is 6.42 Å². The third-order valence-electron chi connectivity index (χ3n) is 3.77. The predicted octanol–water partition coefficient (Wildman–Crippen LogP) is 0.285. The summed E-state index contributed by atoms with van der Waals surface area (Å²) in [7, 11) is -4.53. The summed E-state index contributed by atoms with van der Waals surface area (Å²) in [4.78, 5) is 11.2. The lowest BCUT2D eigenvalue weighted by Crippen LogP contribution is -2.55. The van der Waals surface area contributed by atoms with E-state index in [2.05, 4.69) is 10.8 Å². The van der Waals surface area contributed by atoms with Gasteiger partial charge in [0.2, 0.25) is 5.60 Å². The van der Waals surface area contributed by atoms with Gasteiger partial charge in [-0.25, -0.2) is 4.79 Å². The Bertz CT molecular complexity index is 584. The van der Waals surface area contributed by atoms with Crippen molar-refractivity contribution in [3.05, 3.63) is 12.7 Å². The first kappa shape index (κ1) is 13.8. The van der Waals surface area contributed by atoms with E-state index < -0.39 is 57.8 Å². The number of hydrogen-bond acceptors (Lipinski definition) is 6. The highest BCUT2D eigenvalue weighted by Crippen LogP contribution is 2.59. The molecule has 3 heterocycles. The van der Waals surface area contributed by atoms with E-state index in [1.165, 1.54) is 0 Å². The molecule has 5 unspecified atom stereocenters. The molecule has 0 saturated carbocycles. The standard InChI is InChI=1S/C10H9F3O6S/c1-2-5(14)18-6-4-3-9(10(11,12)13)8(17-4)7(6)20(15,16)19-9/h2,4,6-8H,1,3H2. The maximum Gasteiger partial charge on any atom is 0.421 e. The number of hydrogen-bond donors (Lipinski definition) is 0. The Hall–Kier alpha value is -1.13. The largest absolute Gasteiger partial charge is 0.455 e. The van der Waals surface area contributed by atoms with Crippen molar-refractivity contribution in [2.75, 3.05) is 0 Å². The third-order valence-corrected chi connectivity index (χ3v) is 5.48. The predicted molar refractivity (Wildman–Crippen MR) is 55.9 cm³/mol. The highest BCUT2D eigenvalue weighted by Gasteiger charge is 2.82. The summed E-state index contributed by atoms with van der Waals surface area (Å²) in [5.74, 6) is -0.925. The van der Waals surface area contributed by atoms with Gasteiger partial charge in [-0.05, 0) is 0 Å². The zero-order valence-corrected chi connectivity index (χ0v) is 10.6. The minimum Gasteiger partial charge on any atom is -0.455 e. The second-order valence-corrected chi connectivity index (χ2v) is 6.53. The molecule has 0 radical (unpaired) electrons. The zero-order chi connectivity index (χ0) is 14.9. The van der Waals surface area contributed by atoms with E-state index in [1.807, 2.05) is 0 Å². The van der Waals surface area contributed by atoms with E-state index >= 15 is 0 Å². The van der Waals surface area contributed by atoms with Crippen LogP contribution in [-0.4, -0.2) is 49.7 Å². The molecule has 0 aliphatic carbocycles. The lowest BCUT2D eigenvalue weighted by Gasteiger charge is -2.30. The molecule has 3 fully saturated rings. The molecule has 112 valence electrons. The fourth-order valence-electron chi connectivity index (χ4n) is 2.99. The SMILES string of the molecule is C=CC(=O)OC1C2CC3(C(F)(F)F)OS(=O)(=O)C1C3O2. The van der Waals surface area contributed by atoms with E-state index in [1.54, 1.807) is 0 Å². The molecule has 3 rings (SSSR count). The molecule has 6 nitrogen and oxygen atoms in total. The van der Waals surface area contributed by atoms with Crippen molar-refractivity contribution >= 4 is 16.1 Å². The van der Waals surface area contributed by atoms with Gasteiger partial charge in [0, 0.05) is 12.5 Å². The van der Waals surface area contributed by atoms with Crippen LogP contribution >= 0.6 is 0 Å². The van der Waals surface area contributed by atoms with Gasteiger partial charge in [0.15, 0.2) is 11.4 Å². The van der Waals surface area contributed by atoms with Gasteiger partial charge in [-0.2, -0.15) is 21.6 Å². The van der Waals surface area contributed by atoms with E-state index in [9.17, 15) is 26.4 Å². The van der Waals surface area contributed by atoms with Crippen LogP contribution in [-0.2, 0) is 28.6 Å². The van der Waals surface area contributed by atoms with Crippen molar-refractivity contribution < 1.29 is 40.0 Å². The fraction of sp³-hybridized carbons (Fsp3) is 0.700. The Balaban J connectivity index is 2.01. The molecule has 3 saturated heterocycles. The first-order valence-electron chi connectivity index (χ1n) is 5.62. The quantitative estimate of drug-likeness (QED) is 0.414. The van der Waals surface area contributed by atoms with Gasteiger partial charge in [0.1, 0.15) is 6.10 Å². The number of carbonyl (C=O) groups is 1. The van der Waals surface area contributed by atoms with Crippen LogP contribution in [0.25, 0.3) is 0 Å². The summed E-state index contributed by atoms with van der Waals surface area (Å²) in [5.41, 5.74) is -2.86. The van der Waals surface area contributed by atoms with Crippen molar-refractivity contribution in [3.8, 4) is 0 Å². The van der Waals surface area contributed by atoms with Crippen LogP contribution < -0.4 is 0 Å². The molecular formula is C10H9F3O6S. The minimum absolute atomic E-state index is 0.716. The maximum absolute atomic E-state index is 13.1. The van der Waals surface area contributed by atoms with Crippen LogP contribution in [0.2, 0.25) is 0 Å². The van der Waals surface area contributed by atoms with Gasteiger partial charge >= 0.3 is 12.1 Å². The van der Waals surface area contributed by atoms with E-state index in [4.69, 9.17) is 9.47 Å². The number of rotatable bonds is 2. The van der Waals surface area contributed by atoms with Crippen LogP contribution in [0.3, 0.4) is 0 Å². The van der Waals surface area contributed by atoms with Crippen molar-refractivity contribution in [1.82, 2.24) is 0 Å². The molecule has 0 aromatic carbocycles. The molecule has 0 aromatic heterocycles. The molecule has 0 aromatic rings. The summed E-state index contributed by atoms with van der Waals surface area (Å²) >= 11 is 0. The van der Waals surface area contributed by atoms with Crippen LogP contribution in [0, 0.1) is 0 Å². The van der Waals surface area contributed by atoms with E-state index in [0.29, 0.717) is 0 Å². The van der Waals surface area contributed by atoms with E-state index in [0.717, 1.165) is 6.08 Å². The molecule has 5 atom stereocenters. The number of carbonyl (C=O) groups excluding carboxylic acids is 1. The minimum atomic E-state index is -4.89. The van der Waals surface area contributed by atoms with Gasteiger partial charge in [0.05, 0.1) is 6.10 Å². The summed E-state index contributed by atoms with van der Waals surface area (Å²) in [5, 5.41) is -1.66. The molecule has 0 amide bonds. The van der Waals surface area contributed by atoms with Crippen molar-refractivity contribution in [2.45, 2.75) is 41.8 Å². The maximum atomic E-state index is 13.1. The lowest BCUT2D eigenvalue weighted by molar-refractivity contribution is -0.253. The summed E-state index contributed by atoms with van der Waals surface area (Å²) in [6, 6.07) is 0. The number of ether oxygens (including phenoxy) is 2. The van der Waals surface area contributed by atoms with Gasteiger partial charge in [-0.15, -0.1) is 0 Å². The first-order chi connectivity index (χ1) is 9.12. The first-order valence-corrected chi connectivity index (χ1v) is 7.09. The van der Waals surface area contributed by atoms with Crippen molar-refractivity contribution in [3.63, 3.8) is 0 Å². The Labute approximate surface area is 111 Å². The second kappa shape index (κ2) is 3.74. The molecule has 3 aliphatic rings. The Morgan fingerprint density at radius 1 is 1.45 bits per heavy atom. The second-order valence-electron chi connectivity index (χ2n) is 4.83. The number of esters is 1. The van der Waals surface area contributed by atoms with Crippen LogP contribution in [0.15, 0.2) is 12.7 Å². The average molecular weight is 314 g/mol. The number of fused-ring (bicyclic) bond motifs is 1. The normalized spacial score (nSPS) is 44.5. The average Bonchev–Trinajstić information content (AvgIpc) is 2.86. The van der Waals surface area contributed by atoms with E-state index in [-0.39, 0.29) is 0 Å². The van der Waals surface area contributed by atoms with Crippen molar-refractivity contribution in [1.29, 1.82) is 0 Å². The molecular weight excluding hydrogens is 305 g/mol. The molecule has 3 aliphatic heterocycles. The molecule has 20 heavy (non-hydrogen) atoms. The number of halogens is 3. The lowest BCUT2D eigenvalue weighted by atomic mass is 9.82. The molecule has 0 spiro atoms. The highest BCUT2D eigenvalue weighted by atomic mass is 32.2. The molecule has 10 heteroatoms. The van der Waals surface area contributed by atoms with Crippen molar-refractivity contribution in [2.24, 2.45) is 0 Å². The van der Waals surface area contributed by atoms with Crippen LogP contribution in [0.5, 0.6) is 0 Å². The summed E-state index contributed by atoms with van der Waals surface area (Å²) in [6.45, 7) is 3.14. The monoisotopic (exact) mass is 314 g/mol. The third kappa shape index (κ3) is 1.52. The van der Waals surface area contributed by atoms with Gasteiger partial charge in [-0.3, -0.25) is 4.18 Å². The number of alkyl halides is 3. The Kier molecular flexibility index (Phi) is 2.59. The Morgan fingerprint density at radius 2 is 2.10 bits per heavy atom. The smallest absolute Gasteiger partial charge is 0.421 e. The molecule has 2 bridgehead atoms. The summed E-state index contributed by atoms with van der Waals surface area (Å²) in [6.07, 6.45) is -8.99. The van der Waals surface area contributed by atoms with Crippen LogP contribution in [0.4, 0.5) is 13.2 Å². The zero-order valence-electron chi connectivity index (χ0n) is 9.79. The fourth-order valence-corrected chi connectivity index (χ4v) is 4.92.